The molecule has 0 fully saturated rings. The van der Waals surface area contributed by atoms with Crippen molar-refractivity contribution in [3.05, 3.63) is 22.5 Å². The molecule has 1 aromatic rings. The Hall–Kier alpha value is 0.0600. The van der Waals surface area contributed by atoms with Gasteiger partial charge in [0.05, 0.1) is 55.4 Å². The first-order valence-corrected chi connectivity index (χ1v) is 6.89. The van der Waals surface area contributed by atoms with Crippen molar-refractivity contribution in [1.29, 1.82) is 0 Å². The van der Waals surface area contributed by atoms with E-state index in [0.717, 1.165) is 22.1 Å². The fourth-order valence-corrected chi connectivity index (χ4v) is 1.49. The summed E-state index contributed by atoms with van der Waals surface area (Å²) < 4.78 is 8.72. The van der Waals surface area contributed by atoms with E-state index in [-0.39, 0.29) is 53.5 Å². The van der Waals surface area contributed by atoms with Crippen LogP contribution >= 0.6 is 0 Å². The SMILES string of the molecule is C[N+](C)(C)CCOc1ccc(=O)n(CC[N+](C)(C)C)n1.[I-].[I-]. The van der Waals surface area contributed by atoms with Crippen molar-refractivity contribution in [2.75, 3.05) is 62.0 Å². The van der Waals surface area contributed by atoms with Crippen LogP contribution in [0.4, 0.5) is 0 Å². The van der Waals surface area contributed by atoms with Gasteiger partial charge in [-0.3, -0.25) is 4.79 Å². The highest BCUT2D eigenvalue weighted by molar-refractivity contribution is 5.06. The summed E-state index contributed by atoms with van der Waals surface area (Å²) in [4.78, 5) is 11.8. The van der Waals surface area contributed by atoms with Crippen LogP contribution in [0.15, 0.2) is 16.9 Å². The van der Waals surface area contributed by atoms with E-state index in [1.807, 2.05) is 0 Å². The summed E-state index contributed by atoms with van der Waals surface area (Å²) in [6, 6.07) is 3.16. The van der Waals surface area contributed by atoms with Crippen LogP contribution in [0, 0.1) is 0 Å². The molecular weight excluding hydrogens is 510 g/mol. The van der Waals surface area contributed by atoms with Gasteiger partial charge in [-0.05, 0) is 0 Å². The molecule has 0 spiro atoms. The van der Waals surface area contributed by atoms with Gasteiger partial charge in [0.2, 0.25) is 5.88 Å². The van der Waals surface area contributed by atoms with Crippen molar-refractivity contribution in [2.24, 2.45) is 0 Å². The van der Waals surface area contributed by atoms with Gasteiger partial charge < -0.3 is 61.7 Å². The standard InChI is InChI=1S/C14H28N4O2.2HI/c1-17(2,3)10-9-16-14(19)8-7-13(15-16)20-12-11-18(4,5)6;;/h7-8H,9-12H2,1-6H3;2*1H/q+2;;/p-2. The Kier molecular flexibility index (Phi) is 11.1. The van der Waals surface area contributed by atoms with Crippen LogP contribution in [0.1, 0.15) is 0 Å². The minimum absolute atomic E-state index is 0. The second-order valence-corrected chi connectivity index (χ2v) is 7.11. The summed E-state index contributed by atoms with van der Waals surface area (Å²) in [5.41, 5.74) is -0.0857. The maximum Gasteiger partial charge on any atom is 0.267 e. The normalized spacial score (nSPS) is 11.4. The average Bonchev–Trinajstić information content (AvgIpc) is 2.27. The van der Waals surface area contributed by atoms with E-state index in [1.165, 1.54) is 10.7 Å². The largest absolute Gasteiger partial charge is 1.00 e. The molecule has 0 saturated heterocycles. The van der Waals surface area contributed by atoms with Crippen LogP contribution in [0.2, 0.25) is 0 Å². The highest BCUT2D eigenvalue weighted by Gasteiger charge is 2.10. The lowest BCUT2D eigenvalue weighted by atomic mass is 10.5. The lowest BCUT2D eigenvalue weighted by Gasteiger charge is -2.24. The zero-order valence-electron chi connectivity index (χ0n) is 14.3. The van der Waals surface area contributed by atoms with Gasteiger partial charge >= 0.3 is 0 Å². The molecule has 0 aliphatic carbocycles. The van der Waals surface area contributed by atoms with Crippen molar-refractivity contribution in [3.63, 3.8) is 0 Å². The molecule has 0 aromatic carbocycles. The van der Waals surface area contributed by atoms with E-state index in [1.54, 1.807) is 6.07 Å². The van der Waals surface area contributed by atoms with Crippen LogP contribution in [0.3, 0.4) is 0 Å². The molecule has 0 N–H and O–H groups in total. The monoisotopic (exact) mass is 538 g/mol. The minimum atomic E-state index is -0.0857. The van der Waals surface area contributed by atoms with Gasteiger partial charge in [0.25, 0.3) is 5.56 Å². The molecule has 0 unspecified atom stereocenters. The predicted molar refractivity (Wildman–Crippen MR) is 79.8 cm³/mol. The number of hydrogen-bond acceptors (Lipinski definition) is 3. The van der Waals surface area contributed by atoms with Crippen LogP contribution in [0.25, 0.3) is 0 Å². The highest BCUT2D eigenvalue weighted by Crippen LogP contribution is 2.02. The van der Waals surface area contributed by atoms with Crippen molar-refractivity contribution in [3.8, 4) is 5.88 Å². The molecule has 0 bridgehead atoms. The maximum atomic E-state index is 11.8. The topological polar surface area (TPSA) is 44.1 Å². The maximum absolute atomic E-state index is 11.8. The molecule has 0 aliphatic rings. The van der Waals surface area contributed by atoms with E-state index >= 15 is 0 Å². The fourth-order valence-electron chi connectivity index (χ4n) is 1.49. The third-order valence-corrected chi connectivity index (χ3v) is 2.84. The van der Waals surface area contributed by atoms with Gasteiger partial charge in [-0.1, -0.05) is 0 Å². The quantitative estimate of drug-likeness (QED) is 0.257. The van der Waals surface area contributed by atoms with Gasteiger partial charge in [-0.15, -0.1) is 5.10 Å². The molecule has 8 heteroatoms. The second kappa shape index (κ2) is 10.0. The number of likely N-dealkylation sites (N-methyl/N-ethyl adjacent to an activating group) is 2. The number of aromatic nitrogens is 2. The highest BCUT2D eigenvalue weighted by atomic mass is 127. The Bertz CT molecular complexity index is 493. The lowest BCUT2D eigenvalue weighted by molar-refractivity contribution is -0.871. The van der Waals surface area contributed by atoms with Crippen LogP contribution < -0.4 is 58.2 Å². The van der Waals surface area contributed by atoms with E-state index in [4.69, 9.17) is 4.74 Å². The average molecular weight is 538 g/mol. The molecule has 0 amide bonds. The van der Waals surface area contributed by atoms with Gasteiger partial charge in [-0.2, -0.15) is 0 Å². The summed E-state index contributed by atoms with van der Waals surface area (Å²) in [6.45, 7) is 2.91. The van der Waals surface area contributed by atoms with Crippen LogP contribution in [-0.2, 0) is 6.54 Å². The van der Waals surface area contributed by atoms with Gasteiger partial charge in [0.1, 0.15) is 13.2 Å². The number of quaternary nitrogens is 2. The van der Waals surface area contributed by atoms with Crippen LogP contribution in [0.5, 0.6) is 5.88 Å². The zero-order valence-corrected chi connectivity index (χ0v) is 18.7. The minimum Gasteiger partial charge on any atom is -1.00 e. The predicted octanol–water partition coefficient (Wildman–Crippen LogP) is -5.96. The smallest absolute Gasteiger partial charge is 0.267 e. The first-order chi connectivity index (χ1) is 9.07. The number of rotatable bonds is 7. The van der Waals surface area contributed by atoms with Crippen molar-refractivity contribution < 1.29 is 61.7 Å². The number of nitrogens with zero attached hydrogens (tertiary/aromatic N) is 4. The summed E-state index contributed by atoms with van der Waals surface area (Å²) in [5, 5.41) is 4.26. The summed E-state index contributed by atoms with van der Waals surface area (Å²) in [5.74, 6) is 0.513. The molecular formula is C14H28I2N4O2. The first kappa shape index (κ1) is 24.3. The molecule has 1 rings (SSSR count). The van der Waals surface area contributed by atoms with Crippen molar-refractivity contribution in [1.82, 2.24) is 9.78 Å². The van der Waals surface area contributed by atoms with E-state index in [0.29, 0.717) is 19.0 Å². The molecule has 0 radical (unpaired) electrons. The van der Waals surface area contributed by atoms with Crippen molar-refractivity contribution >= 4 is 0 Å². The van der Waals surface area contributed by atoms with Gasteiger partial charge in [-0.25, -0.2) is 4.68 Å². The summed E-state index contributed by atoms with van der Waals surface area (Å²) >= 11 is 0. The number of hydrogen-bond donors (Lipinski definition) is 0. The first-order valence-electron chi connectivity index (χ1n) is 6.89. The van der Waals surface area contributed by atoms with Gasteiger partial charge in [0.15, 0.2) is 0 Å². The van der Waals surface area contributed by atoms with Crippen LogP contribution in [-0.4, -0.2) is 80.7 Å². The molecule has 22 heavy (non-hydrogen) atoms. The summed E-state index contributed by atoms with van der Waals surface area (Å²) in [6.07, 6.45) is 0. The Morgan fingerprint density at radius 1 is 1.00 bits per heavy atom. The molecule has 0 atom stereocenters. The number of ether oxygens (including phenoxy) is 1. The van der Waals surface area contributed by atoms with Crippen molar-refractivity contribution in [2.45, 2.75) is 6.54 Å². The van der Waals surface area contributed by atoms with E-state index < -0.39 is 0 Å². The molecule has 1 heterocycles. The third-order valence-electron chi connectivity index (χ3n) is 2.84. The lowest BCUT2D eigenvalue weighted by Crippen LogP contribution is -3.00. The molecule has 0 saturated carbocycles. The molecule has 0 aliphatic heterocycles. The van der Waals surface area contributed by atoms with Gasteiger partial charge in [0, 0.05) is 12.1 Å². The Labute approximate surface area is 167 Å². The molecule has 130 valence electrons. The Morgan fingerprint density at radius 2 is 1.55 bits per heavy atom. The van der Waals surface area contributed by atoms with E-state index in [2.05, 4.69) is 47.4 Å². The second-order valence-electron chi connectivity index (χ2n) is 7.11. The third kappa shape index (κ3) is 10.7. The van der Waals surface area contributed by atoms with E-state index in [9.17, 15) is 4.79 Å². The number of halogens is 2. The molecule has 6 nitrogen and oxygen atoms in total. The fraction of sp³-hybridized carbons (Fsp3) is 0.714. The zero-order chi connectivity index (χ0) is 15.4. The molecule has 1 aromatic heterocycles. The summed E-state index contributed by atoms with van der Waals surface area (Å²) in [7, 11) is 12.6. The Morgan fingerprint density at radius 3 is 2.05 bits per heavy atom. The Balaban J connectivity index is 0.